The lowest BCUT2D eigenvalue weighted by Gasteiger charge is -2.32. The molecule has 1 saturated heterocycles. The normalized spacial score (nSPS) is 17.6. The number of halogens is 2. The predicted octanol–water partition coefficient (Wildman–Crippen LogP) is 8.85. The van der Waals surface area contributed by atoms with E-state index in [0.717, 1.165) is 96.9 Å². The molecule has 1 saturated carbocycles. The number of nitrogens with two attached hydrogens (primary N) is 1. The summed E-state index contributed by atoms with van der Waals surface area (Å²) in [6.07, 6.45) is 5.23. The van der Waals surface area contributed by atoms with Gasteiger partial charge in [-0.25, -0.2) is 9.97 Å². The molecule has 7 rings (SSSR count). The fourth-order valence-corrected chi connectivity index (χ4v) is 7.87. The van der Waals surface area contributed by atoms with Crippen molar-refractivity contribution in [1.82, 2.24) is 29.7 Å². The molecule has 274 valence electrons. The SMILES string of the molecule is C/C(=C/c1cc(CN(C)C2CCC(=C(F)F)CC2)ccc1N)Nc1cc(-c2cc3cc(CN(C)CC4CCOCC4)ccc3[nH]2)c2[nH]c(C)nc2n1. The number of nitrogens with one attached hydrogen (secondary N) is 3. The number of hydrogen-bond donors (Lipinski definition) is 4. The summed E-state index contributed by atoms with van der Waals surface area (Å²) in [5.74, 6) is 2.18. The Kier molecular flexibility index (Phi) is 10.7. The lowest BCUT2D eigenvalue weighted by atomic mass is 9.90. The average Bonchev–Trinajstić information content (AvgIpc) is 3.72. The molecule has 2 aliphatic rings. The van der Waals surface area contributed by atoms with Crippen molar-refractivity contribution in [3.8, 4) is 11.3 Å². The molecule has 0 radical (unpaired) electrons. The van der Waals surface area contributed by atoms with E-state index in [-0.39, 0.29) is 6.04 Å². The largest absolute Gasteiger partial charge is 0.398 e. The summed E-state index contributed by atoms with van der Waals surface area (Å²) in [4.78, 5) is 21.3. The molecule has 3 aromatic heterocycles. The van der Waals surface area contributed by atoms with E-state index in [1.807, 2.05) is 32.1 Å². The van der Waals surface area contributed by atoms with Crippen molar-refractivity contribution in [3.05, 3.63) is 88.4 Å². The van der Waals surface area contributed by atoms with E-state index in [2.05, 4.69) is 80.6 Å². The van der Waals surface area contributed by atoms with Gasteiger partial charge < -0.3 is 30.7 Å². The third-order valence-corrected chi connectivity index (χ3v) is 10.6. The monoisotopic (exact) mass is 708 g/mol. The number of anilines is 2. The Morgan fingerprint density at radius 1 is 0.962 bits per heavy atom. The first-order valence-electron chi connectivity index (χ1n) is 18.4. The summed E-state index contributed by atoms with van der Waals surface area (Å²) < 4.78 is 31.7. The second-order valence-electron chi connectivity index (χ2n) is 14.9. The Bertz CT molecular complexity index is 2100. The van der Waals surface area contributed by atoms with E-state index in [4.69, 9.17) is 15.5 Å². The van der Waals surface area contributed by atoms with Crippen LogP contribution in [0, 0.1) is 12.8 Å². The molecule has 0 bridgehead atoms. The number of aromatic amines is 2. The average molecular weight is 709 g/mol. The minimum absolute atomic E-state index is 0.275. The number of ether oxygens (including phenoxy) is 1. The molecule has 2 aromatic carbocycles. The van der Waals surface area contributed by atoms with Crippen LogP contribution >= 0.6 is 0 Å². The molecule has 4 heterocycles. The highest BCUT2D eigenvalue weighted by Crippen LogP contribution is 2.33. The second kappa shape index (κ2) is 15.6. The number of nitrogen functional groups attached to an aromatic ring is 1. The fraction of sp³-hybridized carbons (Fsp3) is 0.415. The van der Waals surface area contributed by atoms with Gasteiger partial charge in [0.05, 0.1) is 5.52 Å². The number of rotatable bonds is 11. The van der Waals surface area contributed by atoms with Crippen LogP contribution in [-0.4, -0.2) is 69.6 Å². The third kappa shape index (κ3) is 8.38. The maximum atomic E-state index is 13.1. The van der Waals surface area contributed by atoms with Gasteiger partial charge in [-0.2, -0.15) is 8.78 Å². The predicted molar refractivity (Wildman–Crippen MR) is 207 cm³/mol. The Balaban J connectivity index is 1.08. The molecular formula is C41H50F2N8O. The van der Waals surface area contributed by atoms with Gasteiger partial charge >= 0.3 is 0 Å². The molecule has 1 aliphatic heterocycles. The van der Waals surface area contributed by atoms with Crippen molar-refractivity contribution in [2.75, 3.05) is 44.9 Å². The van der Waals surface area contributed by atoms with Gasteiger partial charge in [-0.3, -0.25) is 4.90 Å². The molecule has 0 amide bonds. The van der Waals surface area contributed by atoms with Gasteiger partial charge in [0.15, 0.2) is 5.65 Å². The maximum Gasteiger partial charge on any atom is 0.269 e. The number of H-pyrrole nitrogens is 2. The van der Waals surface area contributed by atoms with E-state index in [0.29, 0.717) is 48.0 Å². The summed E-state index contributed by atoms with van der Waals surface area (Å²) in [6, 6.07) is 17.3. The fourth-order valence-electron chi connectivity index (χ4n) is 7.87. The Hall–Kier alpha value is -4.58. The van der Waals surface area contributed by atoms with Crippen LogP contribution in [0.4, 0.5) is 20.3 Å². The molecule has 0 unspecified atom stereocenters. The zero-order chi connectivity index (χ0) is 36.4. The van der Waals surface area contributed by atoms with Gasteiger partial charge in [-0.05, 0) is 137 Å². The number of fused-ring (bicyclic) bond motifs is 2. The van der Waals surface area contributed by atoms with Gasteiger partial charge in [-0.1, -0.05) is 12.1 Å². The van der Waals surface area contributed by atoms with Crippen LogP contribution in [0.3, 0.4) is 0 Å². The molecule has 2 fully saturated rings. The van der Waals surface area contributed by atoms with E-state index in [9.17, 15) is 8.78 Å². The maximum absolute atomic E-state index is 13.1. The minimum Gasteiger partial charge on any atom is -0.398 e. The summed E-state index contributed by atoms with van der Waals surface area (Å²) in [5, 5.41) is 4.65. The molecule has 52 heavy (non-hydrogen) atoms. The summed E-state index contributed by atoms with van der Waals surface area (Å²) >= 11 is 0. The van der Waals surface area contributed by atoms with Crippen molar-refractivity contribution in [2.45, 2.75) is 71.5 Å². The van der Waals surface area contributed by atoms with Gasteiger partial charge in [-0.15, -0.1) is 0 Å². The molecule has 11 heteroatoms. The van der Waals surface area contributed by atoms with Crippen molar-refractivity contribution >= 4 is 39.6 Å². The van der Waals surface area contributed by atoms with E-state index < -0.39 is 6.08 Å². The highest BCUT2D eigenvalue weighted by Gasteiger charge is 2.23. The molecular weight excluding hydrogens is 659 g/mol. The summed E-state index contributed by atoms with van der Waals surface area (Å²) in [7, 11) is 4.28. The van der Waals surface area contributed by atoms with Gasteiger partial charge in [0.1, 0.15) is 11.6 Å². The molecule has 0 atom stereocenters. The number of aryl methyl sites for hydroxylation is 1. The van der Waals surface area contributed by atoms with Crippen LogP contribution in [0.1, 0.15) is 68.0 Å². The van der Waals surface area contributed by atoms with Crippen molar-refractivity contribution < 1.29 is 13.5 Å². The van der Waals surface area contributed by atoms with Crippen LogP contribution < -0.4 is 11.1 Å². The molecule has 5 N–H and O–H groups in total. The van der Waals surface area contributed by atoms with E-state index >= 15 is 0 Å². The van der Waals surface area contributed by atoms with Crippen LogP contribution in [0.15, 0.2) is 65.9 Å². The number of benzene rings is 2. The lowest BCUT2D eigenvalue weighted by Crippen LogP contribution is -2.33. The standard InChI is InChI=1S/C41H50F2N8O/c1-25(17-31-18-29(5-11-35(31)44)24-51(4)33-9-7-30(8-10-33)40(42)43)45-38-21-34(39-41(49-38)47-26(2)46-39)37-20-32-19-28(6-12-36(32)48-37)23-50(3)22-27-13-15-52-16-14-27/h5-6,11-12,17-21,27,33,48H,7-10,13-16,22-24,44H2,1-4H3,(H2,45,46,47,49)/b25-17-. The first-order chi connectivity index (χ1) is 25.1. The van der Waals surface area contributed by atoms with Crippen molar-refractivity contribution in [2.24, 2.45) is 5.92 Å². The van der Waals surface area contributed by atoms with Crippen molar-refractivity contribution in [1.29, 1.82) is 0 Å². The zero-order valence-electron chi connectivity index (χ0n) is 30.7. The Morgan fingerprint density at radius 2 is 1.71 bits per heavy atom. The van der Waals surface area contributed by atoms with Crippen LogP contribution in [0.5, 0.6) is 0 Å². The third-order valence-electron chi connectivity index (χ3n) is 10.6. The number of imidazole rings is 1. The number of pyridine rings is 1. The molecule has 0 spiro atoms. The topological polar surface area (TPSA) is 111 Å². The Morgan fingerprint density at radius 3 is 2.48 bits per heavy atom. The number of hydrogen-bond acceptors (Lipinski definition) is 7. The summed E-state index contributed by atoms with van der Waals surface area (Å²) in [5.41, 5.74) is 16.2. The highest BCUT2D eigenvalue weighted by atomic mass is 19.3. The van der Waals surface area contributed by atoms with Gasteiger partial charge in [0, 0.05) is 72.4 Å². The lowest BCUT2D eigenvalue weighted by molar-refractivity contribution is 0.0549. The number of nitrogens with zero attached hydrogens (tertiary/aromatic N) is 4. The van der Waals surface area contributed by atoms with Gasteiger partial charge in [0.2, 0.25) is 0 Å². The minimum atomic E-state index is -1.50. The molecule has 1 aliphatic carbocycles. The van der Waals surface area contributed by atoms with Crippen LogP contribution in [0.25, 0.3) is 39.4 Å². The number of aromatic nitrogens is 4. The molecule has 5 aromatic rings. The van der Waals surface area contributed by atoms with Crippen LogP contribution in [0.2, 0.25) is 0 Å². The highest BCUT2D eigenvalue weighted by molar-refractivity contribution is 5.95. The first-order valence-corrected chi connectivity index (χ1v) is 18.4. The van der Waals surface area contributed by atoms with Crippen LogP contribution in [-0.2, 0) is 17.8 Å². The van der Waals surface area contributed by atoms with Gasteiger partial charge in [0.25, 0.3) is 6.08 Å². The quantitative estimate of drug-likeness (QED) is 0.102. The second-order valence-corrected chi connectivity index (χ2v) is 14.9. The van der Waals surface area contributed by atoms with E-state index in [1.54, 1.807) is 0 Å². The Labute approximate surface area is 304 Å². The van der Waals surface area contributed by atoms with E-state index in [1.165, 1.54) is 10.9 Å². The zero-order valence-corrected chi connectivity index (χ0v) is 30.7. The smallest absolute Gasteiger partial charge is 0.269 e. The van der Waals surface area contributed by atoms with Crippen molar-refractivity contribution in [3.63, 3.8) is 0 Å². The first kappa shape index (κ1) is 35.8. The molecule has 9 nitrogen and oxygen atoms in total. The summed E-state index contributed by atoms with van der Waals surface area (Å²) in [6.45, 7) is 8.39. The number of allylic oxidation sites excluding steroid dienone is 2.